The Kier molecular flexibility index (Phi) is 6.30. The highest BCUT2D eigenvalue weighted by atomic mass is 19.1. The van der Waals surface area contributed by atoms with Crippen LogP contribution in [0.3, 0.4) is 0 Å². The van der Waals surface area contributed by atoms with Gasteiger partial charge in [-0.3, -0.25) is 14.4 Å². The highest BCUT2D eigenvalue weighted by Gasteiger charge is 2.35. The maximum atomic E-state index is 13.0. The van der Waals surface area contributed by atoms with E-state index < -0.39 is 17.4 Å². The Morgan fingerprint density at radius 2 is 1.93 bits per heavy atom. The Bertz CT molecular complexity index is 761. The van der Waals surface area contributed by atoms with Gasteiger partial charge in [-0.1, -0.05) is 26.0 Å². The van der Waals surface area contributed by atoms with Gasteiger partial charge in [0.15, 0.2) is 0 Å². The molecule has 0 aromatic heterocycles. The number of rotatable bonds is 7. The molecular weight excluding hydrogens is 353 g/mol. The van der Waals surface area contributed by atoms with E-state index in [-0.39, 0.29) is 49.2 Å². The minimum atomic E-state index is -1.01. The number of hydrogen-bond donors (Lipinski definition) is 2. The molecule has 0 spiro atoms. The lowest BCUT2D eigenvalue weighted by atomic mass is 9.85. The fourth-order valence-corrected chi connectivity index (χ4v) is 2.69. The van der Waals surface area contributed by atoms with E-state index in [1.807, 2.05) is 13.8 Å². The number of halogens is 1. The monoisotopic (exact) mass is 377 g/mol. The first-order chi connectivity index (χ1) is 12.6. The summed E-state index contributed by atoms with van der Waals surface area (Å²) in [5.74, 6) is -2.21. The van der Waals surface area contributed by atoms with Crippen molar-refractivity contribution >= 4 is 23.5 Å². The molecule has 1 aliphatic heterocycles. The van der Waals surface area contributed by atoms with Crippen molar-refractivity contribution in [3.05, 3.63) is 35.6 Å². The number of benzene rings is 1. The predicted octanol–water partition coefficient (Wildman–Crippen LogP) is 2.31. The number of carboxylic acid groups (broad SMARTS) is 1. The zero-order valence-corrected chi connectivity index (χ0v) is 15.7. The number of amides is 2. The smallest absolute Gasteiger partial charge is 0.305 e. The molecule has 7 nitrogen and oxygen atoms in total. The van der Waals surface area contributed by atoms with Crippen LogP contribution in [0.4, 0.5) is 4.39 Å². The van der Waals surface area contributed by atoms with Crippen LogP contribution in [0.2, 0.25) is 0 Å². The summed E-state index contributed by atoms with van der Waals surface area (Å²) in [5, 5.41) is 17.2. The van der Waals surface area contributed by atoms with Crippen LogP contribution in [0, 0.1) is 11.7 Å². The number of carbonyl (C=O) groups excluding carboxylic acids is 2. The lowest BCUT2D eigenvalue weighted by Gasteiger charge is -2.34. The van der Waals surface area contributed by atoms with Gasteiger partial charge in [-0.05, 0) is 30.5 Å². The molecule has 146 valence electrons. The van der Waals surface area contributed by atoms with E-state index in [0.29, 0.717) is 5.56 Å². The number of carbonyl (C=O) groups is 3. The molecule has 0 bridgehead atoms. The molecule has 1 aliphatic rings. The van der Waals surface area contributed by atoms with Crippen molar-refractivity contribution in [1.29, 1.82) is 0 Å². The van der Waals surface area contributed by atoms with Crippen molar-refractivity contribution in [2.75, 3.05) is 0 Å². The maximum Gasteiger partial charge on any atom is 0.305 e. The first-order valence-electron chi connectivity index (χ1n) is 8.77. The second-order valence-corrected chi connectivity index (χ2v) is 7.22. The van der Waals surface area contributed by atoms with Gasteiger partial charge < -0.3 is 10.4 Å². The standard InChI is InChI=1S/C19H24FN3O4/c1-12(2)19(3,10-17(25)26)21-18(27)15-8-9-16(24)23(22-15)11-13-4-6-14(20)7-5-13/h4-7,12H,8-11H2,1-3H3,(H,21,27)(H,25,26). The minimum absolute atomic E-state index is 0.112. The van der Waals surface area contributed by atoms with Gasteiger partial charge in [0.05, 0.1) is 18.5 Å². The maximum absolute atomic E-state index is 13.0. The minimum Gasteiger partial charge on any atom is -0.481 e. The quantitative estimate of drug-likeness (QED) is 0.762. The van der Waals surface area contributed by atoms with Gasteiger partial charge in [0.1, 0.15) is 11.5 Å². The Hall–Kier alpha value is -2.77. The van der Waals surface area contributed by atoms with Crippen molar-refractivity contribution in [3.63, 3.8) is 0 Å². The number of carboxylic acids is 1. The summed E-state index contributed by atoms with van der Waals surface area (Å²) < 4.78 is 13.0. The third-order valence-electron chi connectivity index (χ3n) is 4.80. The second-order valence-electron chi connectivity index (χ2n) is 7.22. The molecule has 2 amide bonds. The number of hydrazone groups is 1. The van der Waals surface area contributed by atoms with Gasteiger partial charge in [0.25, 0.3) is 5.91 Å². The van der Waals surface area contributed by atoms with Crippen molar-refractivity contribution in [2.45, 2.75) is 52.1 Å². The van der Waals surface area contributed by atoms with Crippen LogP contribution in [-0.2, 0) is 20.9 Å². The Morgan fingerprint density at radius 3 is 2.48 bits per heavy atom. The van der Waals surface area contributed by atoms with Crippen molar-refractivity contribution in [1.82, 2.24) is 10.3 Å². The zero-order chi connectivity index (χ0) is 20.2. The molecule has 1 aromatic rings. The Morgan fingerprint density at radius 1 is 1.30 bits per heavy atom. The SMILES string of the molecule is CC(C)C(C)(CC(=O)O)NC(=O)C1=NN(Cc2ccc(F)cc2)C(=O)CC1. The van der Waals surface area contributed by atoms with E-state index in [2.05, 4.69) is 10.4 Å². The molecule has 0 saturated carbocycles. The first-order valence-corrected chi connectivity index (χ1v) is 8.77. The van der Waals surface area contributed by atoms with E-state index in [4.69, 9.17) is 5.11 Å². The molecular formula is C19H24FN3O4. The van der Waals surface area contributed by atoms with Crippen LogP contribution < -0.4 is 5.32 Å². The summed E-state index contributed by atoms with van der Waals surface area (Å²) in [5.41, 5.74) is -0.0728. The summed E-state index contributed by atoms with van der Waals surface area (Å²) >= 11 is 0. The lowest BCUT2D eigenvalue weighted by Crippen LogP contribution is -2.54. The van der Waals surface area contributed by atoms with Gasteiger partial charge >= 0.3 is 5.97 Å². The summed E-state index contributed by atoms with van der Waals surface area (Å²) in [4.78, 5) is 35.9. The predicted molar refractivity (Wildman–Crippen MR) is 97.3 cm³/mol. The lowest BCUT2D eigenvalue weighted by molar-refractivity contribution is -0.139. The molecule has 0 saturated heterocycles. The van der Waals surface area contributed by atoms with Gasteiger partial charge in [0, 0.05) is 12.8 Å². The van der Waals surface area contributed by atoms with Crippen molar-refractivity contribution < 1.29 is 23.9 Å². The molecule has 2 rings (SSSR count). The molecule has 1 atom stereocenters. The molecule has 1 unspecified atom stereocenters. The normalized spacial score (nSPS) is 16.7. The van der Waals surface area contributed by atoms with Gasteiger partial charge in [-0.2, -0.15) is 5.10 Å². The molecule has 27 heavy (non-hydrogen) atoms. The van der Waals surface area contributed by atoms with E-state index in [1.54, 1.807) is 19.1 Å². The third kappa shape index (κ3) is 5.35. The average Bonchev–Trinajstić information content (AvgIpc) is 2.57. The summed E-state index contributed by atoms with van der Waals surface area (Å²) in [6.45, 7) is 5.47. The molecule has 8 heteroatoms. The summed E-state index contributed by atoms with van der Waals surface area (Å²) in [6.07, 6.45) is 0.0957. The summed E-state index contributed by atoms with van der Waals surface area (Å²) in [7, 11) is 0. The van der Waals surface area contributed by atoms with E-state index in [1.165, 1.54) is 17.1 Å². The van der Waals surface area contributed by atoms with Gasteiger partial charge in [-0.25, -0.2) is 9.40 Å². The topological polar surface area (TPSA) is 99.1 Å². The van der Waals surface area contributed by atoms with Gasteiger partial charge in [-0.15, -0.1) is 0 Å². The largest absolute Gasteiger partial charge is 0.481 e. The molecule has 1 heterocycles. The fraction of sp³-hybridized carbons (Fsp3) is 0.474. The zero-order valence-electron chi connectivity index (χ0n) is 15.7. The van der Waals surface area contributed by atoms with Crippen LogP contribution in [0.5, 0.6) is 0 Å². The van der Waals surface area contributed by atoms with Crippen molar-refractivity contribution in [3.8, 4) is 0 Å². The molecule has 1 aromatic carbocycles. The third-order valence-corrected chi connectivity index (χ3v) is 4.80. The van der Waals surface area contributed by atoms with Crippen LogP contribution in [0.1, 0.15) is 45.6 Å². The van der Waals surface area contributed by atoms with E-state index in [0.717, 1.165) is 0 Å². The first kappa shape index (κ1) is 20.5. The Labute approximate surface area is 157 Å². The van der Waals surface area contributed by atoms with Crippen LogP contribution in [-0.4, -0.2) is 39.1 Å². The molecule has 0 fully saturated rings. The Balaban J connectivity index is 2.15. The molecule has 0 radical (unpaired) electrons. The van der Waals surface area contributed by atoms with E-state index >= 15 is 0 Å². The van der Waals surface area contributed by atoms with E-state index in [9.17, 15) is 18.8 Å². The fourth-order valence-electron chi connectivity index (χ4n) is 2.69. The average molecular weight is 377 g/mol. The number of hydrogen-bond acceptors (Lipinski definition) is 4. The number of nitrogens with zero attached hydrogens (tertiary/aromatic N) is 2. The highest BCUT2D eigenvalue weighted by Crippen LogP contribution is 2.22. The highest BCUT2D eigenvalue weighted by molar-refractivity contribution is 6.39. The van der Waals surface area contributed by atoms with Crippen LogP contribution in [0.15, 0.2) is 29.4 Å². The van der Waals surface area contributed by atoms with Gasteiger partial charge in [0.2, 0.25) is 5.91 Å². The number of nitrogens with one attached hydrogen (secondary N) is 1. The second kappa shape index (κ2) is 8.28. The van der Waals surface area contributed by atoms with Crippen LogP contribution >= 0.6 is 0 Å². The summed E-state index contributed by atoms with van der Waals surface area (Å²) in [6, 6.07) is 5.69. The molecule has 2 N–H and O–H groups in total. The van der Waals surface area contributed by atoms with Crippen molar-refractivity contribution in [2.24, 2.45) is 11.0 Å². The van der Waals surface area contributed by atoms with Crippen LogP contribution in [0.25, 0.3) is 0 Å². The number of aliphatic carboxylic acids is 1. The molecule has 0 aliphatic carbocycles.